The number of methoxy groups -OCH3 is 2. The topological polar surface area (TPSA) is 55.8 Å². The van der Waals surface area contributed by atoms with Crippen molar-refractivity contribution >= 4 is 5.97 Å². The highest BCUT2D eigenvalue weighted by atomic mass is 19.1. The summed E-state index contributed by atoms with van der Waals surface area (Å²) in [6.07, 6.45) is 0. The molecule has 2 rings (SSSR count). The van der Waals surface area contributed by atoms with Crippen molar-refractivity contribution in [2.75, 3.05) is 14.2 Å². The van der Waals surface area contributed by atoms with Gasteiger partial charge in [-0.3, -0.25) is 0 Å². The number of rotatable bonds is 4. The molecule has 0 aliphatic carbocycles. The van der Waals surface area contributed by atoms with Crippen molar-refractivity contribution in [2.24, 2.45) is 0 Å². The molecule has 0 saturated heterocycles. The maximum absolute atomic E-state index is 13.9. The smallest absolute Gasteiger partial charge is 0.336 e. The van der Waals surface area contributed by atoms with Gasteiger partial charge in [-0.05, 0) is 42.0 Å². The zero-order valence-electron chi connectivity index (χ0n) is 11.0. The van der Waals surface area contributed by atoms with E-state index in [0.29, 0.717) is 11.5 Å². The van der Waals surface area contributed by atoms with E-state index in [2.05, 4.69) is 0 Å². The summed E-state index contributed by atoms with van der Waals surface area (Å²) in [5.41, 5.74) is 0.413. The van der Waals surface area contributed by atoms with E-state index < -0.39 is 11.8 Å². The lowest BCUT2D eigenvalue weighted by Gasteiger charge is -2.11. The minimum Gasteiger partial charge on any atom is -0.497 e. The molecule has 0 aliphatic heterocycles. The highest BCUT2D eigenvalue weighted by Gasteiger charge is 2.16. The molecule has 0 fully saturated rings. The fourth-order valence-electron chi connectivity index (χ4n) is 1.90. The van der Waals surface area contributed by atoms with E-state index in [9.17, 15) is 14.3 Å². The van der Waals surface area contributed by atoms with E-state index in [0.717, 1.165) is 0 Å². The highest BCUT2D eigenvalue weighted by Crippen LogP contribution is 2.31. The van der Waals surface area contributed by atoms with Crippen molar-refractivity contribution in [3.8, 4) is 22.6 Å². The molecule has 0 radical (unpaired) electrons. The molecule has 0 amide bonds. The van der Waals surface area contributed by atoms with Gasteiger partial charge in [0.1, 0.15) is 17.3 Å². The molecule has 2 aromatic rings. The zero-order chi connectivity index (χ0) is 14.7. The number of carboxylic acids is 1. The van der Waals surface area contributed by atoms with Crippen LogP contribution in [0.15, 0.2) is 36.4 Å². The third-order valence-corrected chi connectivity index (χ3v) is 2.92. The van der Waals surface area contributed by atoms with Gasteiger partial charge in [0.25, 0.3) is 0 Å². The van der Waals surface area contributed by atoms with Gasteiger partial charge < -0.3 is 14.6 Å². The van der Waals surface area contributed by atoms with E-state index in [-0.39, 0.29) is 16.7 Å². The van der Waals surface area contributed by atoms with Crippen molar-refractivity contribution in [1.29, 1.82) is 0 Å². The fourth-order valence-corrected chi connectivity index (χ4v) is 1.90. The van der Waals surface area contributed by atoms with Gasteiger partial charge in [0.05, 0.1) is 19.8 Å². The summed E-state index contributed by atoms with van der Waals surface area (Å²) in [6, 6.07) is 8.63. The maximum Gasteiger partial charge on any atom is 0.336 e. The van der Waals surface area contributed by atoms with Gasteiger partial charge in [0.15, 0.2) is 0 Å². The molecule has 5 heteroatoms. The molecule has 104 valence electrons. The van der Waals surface area contributed by atoms with Crippen LogP contribution in [0.4, 0.5) is 4.39 Å². The lowest BCUT2D eigenvalue weighted by Crippen LogP contribution is -2.01. The second kappa shape index (κ2) is 5.61. The number of benzene rings is 2. The third-order valence-electron chi connectivity index (χ3n) is 2.92. The minimum atomic E-state index is -1.15. The Balaban J connectivity index is 2.65. The van der Waals surface area contributed by atoms with Crippen LogP contribution in [0.5, 0.6) is 11.5 Å². The molecule has 2 aromatic carbocycles. The van der Waals surface area contributed by atoms with Crippen LogP contribution in [-0.2, 0) is 0 Å². The molecule has 0 bridgehead atoms. The Bertz CT molecular complexity index is 652. The quantitative estimate of drug-likeness (QED) is 0.931. The van der Waals surface area contributed by atoms with Gasteiger partial charge >= 0.3 is 5.97 Å². The van der Waals surface area contributed by atoms with Crippen molar-refractivity contribution in [1.82, 2.24) is 0 Å². The number of ether oxygens (including phenoxy) is 2. The van der Waals surface area contributed by atoms with Crippen molar-refractivity contribution < 1.29 is 23.8 Å². The Kier molecular flexibility index (Phi) is 3.89. The number of halogens is 1. The Morgan fingerprint density at radius 1 is 1.00 bits per heavy atom. The average Bonchev–Trinajstić information content (AvgIpc) is 2.47. The lowest BCUT2D eigenvalue weighted by atomic mass is 9.98. The summed E-state index contributed by atoms with van der Waals surface area (Å²) in [5, 5.41) is 9.26. The van der Waals surface area contributed by atoms with Crippen LogP contribution in [-0.4, -0.2) is 25.3 Å². The first-order valence-electron chi connectivity index (χ1n) is 5.82. The van der Waals surface area contributed by atoms with Gasteiger partial charge in [-0.2, -0.15) is 0 Å². The van der Waals surface area contributed by atoms with E-state index in [1.54, 1.807) is 6.07 Å². The molecule has 0 spiro atoms. The van der Waals surface area contributed by atoms with Crippen LogP contribution >= 0.6 is 0 Å². The molecule has 0 aromatic heterocycles. The predicted octanol–water partition coefficient (Wildman–Crippen LogP) is 3.21. The molecule has 0 heterocycles. The number of carboxylic acid groups (broad SMARTS) is 1. The fraction of sp³-hybridized carbons (Fsp3) is 0.133. The second-order valence-electron chi connectivity index (χ2n) is 4.06. The Hall–Kier alpha value is -2.56. The van der Waals surface area contributed by atoms with Crippen molar-refractivity contribution in [3.63, 3.8) is 0 Å². The normalized spacial score (nSPS) is 10.2. The lowest BCUT2D eigenvalue weighted by molar-refractivity contribution is 0.0697. The Morgan fingerprint density at radius 3 is 2.20 bits per heavy atom. The van der Waals surface area contributed by atoms with Crippen LogP contribution in [0.1, 0.15) is 10.4 Å². The van der Waals surface area contributed by atoms with E-state index in [1.165, 1.54) is 44.6 Å². The first kappa shape index (κ1) is 13.9. The molecule has 0 atom stereocenters. The van der Waals surface area contributed by atoms with E-state index in [4.69, 9.17) is 9.47 Å². The average molecular weight is 276 g/mol. The first-order chi connectivity index (χ1) is 9.56. The van der Waals surface area contributed by atoms with Gasteiger partial charge in [-0.15, -0.1) is 0 Å². The Labute approximate surface area is 115 Å². The van der Waals surface area contributed by atoms with Gasteiger partial charge in [0, 0.05) is 5.56 Å². The summed E-state index contributed by atoms with van der Waals surface area (Å²) in [4.78, 5) is 11.3. The molecule has 0 unspecified atom stereocenters. The monoisotopic (exact) mass is 276 g/mol. The molecule has 0 saturated carbocycles. The second-order valence-corrected chi connectivity index (χ2v) is 4.06. The predicted molar refractivity (Wildman–Crippen MR) is 71.9 cm³/mol. The van der Waals surface area contributed by atoms with Gasteiger partial charge in [-0.25, -0.2) is 9.18 Å². The molecule has 4 nitrogen and oxygen atoms in total. The Morgan fingerprint density at radius 2 is 1.60 bits per heavy atom. The summed E-state index contributed by atoms with van der Waals surface area (Å²) in [7, 11) is 2.90. The molecular formula is C15H13FO4. The highest BCUT2D eigenvalue weighted by molar-refractivity contribution is 5.96. The molecular weight excluding hydrogens is 263 g/mol. The van der Waals surface area contributed by atoms with Crippen LogP contribution in [0.25, 0.3) is 11.1 Å². The number of hydrogen-bond acceptors (Lipinski definition) is 3. The van der Waals surface area contributed by atoms with Crippen molar-refractivity contribution in [3.05, 3.63) is 47.8 Å². The van der Waals surface area contributed by atoms with E-state index in [1.807, 2.05) is 0 Å². The summed E-state index contributed by atoms with van der Waals surface area (Å²) in [5.74, 6) is -0.817. The first-order valence-corrected chi connectivity index (χ1v) is 5.82. The van der Waals surface area contributed by atoms with Crippen molar-refractivity contribution in [2.45, 2.75) is 0 Å². The number of hydrogen-bond donors (Lipinski definition) is 1. The number of aromatic carboxylic acids is 1. The van der Waals surface area contributed by atoms with E-state index >= 15 is 0 Å². The summed E-state index contributed by atoms with van der Waals surface area (Å²) < 4.78 is 24.0. The molecule has 20 heavy (non-hydrogen) atoms. The van der Waals surface area contributed by atoms with Crippen LogP contribution in [0.3, 0.4) is 0 Å². The molecule has 0 aliphatic rings. The summed E-state index contributed by atoms with van der Waals surface area (Å²) in [6.45, 7) is 0. The standard InChI is InChI=1S/C15H13FO4/c1-19-9-3-5-11(13(8-9)15(17)18)12-7-10(20-2)4-6-14(12)16/h3-8H,1-2H3,(H,17,18). The van der Waals surface area contributed by atoms with Crippen LogP contribution in [0, 0.1) is 5.82 Å². The molecule has 1 N–H and O–H groups in total. The number of carbonyl (C=O) groups is 1. The van der Waals surface area contributed by atoms with Gasteiger partial charge in [0.2, 0.25) is 0 Å². The van der Waals surface area contributed by atoms with Crippen LogP contribution < -0.4 is 9.47 Å². The summed E-state index contributed by atoms with van der Waals surface area (Å²) >= 11 is 0. The zero-order valence-corrected chi connectivity index (χ0v) is 11.0. The van der Waals surface area contributed by atoms with Crippen LogP contribution in [0.2, 0.25) is 0 Å². The third kappa shape index (κ3) is 2.56. The minimum absolute atomic E-state index is 0.0310. The maximum atomic E-state index is 13.9. The largest absolute Gasteiger partial charge is 0.497 e. The van der Waals surface area contributed by atoms with Gasteiger partial charge in [-0.1, -0.05) is 0 Å². The SMILES string of the molecule is COc1ccc(-c2cc(OC)ccc2F)c(C(=O)O)c1.